The highest BCUT2D eigenvalue weighted by atomic mass is 79.9. The molecule has 0 aliphatic heterocycles. The zero-order valence-electron chi connectivity index (χ0n) is 13.7. The molecule has 0 spiro atoms. The number of aliphatic hydroxyl groups is 1. The second kappa shape index (κ2) is 4.97. The van der Waals surface area contributed by atoms with E-state index in [1.54, 1.807) is 0 Å². The van der Waals surface area contributed by atoms with Crippen molar-refractivity contribution in [2.24, 2.45) is 34.5 Å². The summed E-state index contributed by atoms with van der Waals surface area (Å²) in [5.41, 5.74) is 1.10. The van der Waals surface area contributed by atoms with Gasteiger partial charge in [-0.25, -0.2) is 0 Å². The summed E-state index contributed by atoms with van der Waals surface area (Å²) in [5.74, 6) is 3.68. The van der Waals surface area contributed by atoms with Crippen LogP contribution in [0, 0.1) is 34.5 Å². The molecule has 0 radical (unpaired) electrons. The lowest BCUT2D eigenvalue weighted by molar-refractivity contribution is -0.120. The second-order valence-corrected chi connectivity index (χ2v) is 10.3. The molecule has 0 aromatic rings. The highest BCUT2D eigenvalue weighted by Crippen LogP contribution is 2.67. The Morgan fingerprint density at radius 3 is 2.38 bits per heavy atom. The maximum atomic E-state index is 10.1. The minimum absolute atomic E-state index is 0.00751. The average Bonchev–Trinajstić information content (AvgIpc) is 2.76. The van der Waals surface area contributed by atoms with Gasteiger partial charge in [-0.15, -0.1) is 0 Å². The second-order valence-electron chi connectivity index (χ2n) is 9.17. The molecule has 0 heterocycles. The largest absolute Gasteiger partial charge is 0.393 e. The van der Waals surface area contributed by atoms with E-state index in [4.69, 9.17) is 0 Å². The SMILES string of the molecule is C[C@]12CC[C@H](O)C[C@@H]1CC[C@@H]1[C@@H]2CC[C@]2(C)[C@@H](Br)CC[C@@H]12. The Kier molecular flexibility index (Phi) is 3.55. The van der Waals surface area contributed by atoms with E-state index in [0.717, 1.165) is 41.3 Å². The summed E-state index contributed by atoms with van der Waals surface area (Å²) in [5, 5.41) is 10.1. The first-order valence-corrected chi connectivity index (χ1v) is 10.2. The quantitative estimate of drug-likeness (QED) is 0.596. The first-order chi connectivity index (χ1) is 9.95. The third-order valence-electron chi connectivity index (χ3n) is 8.52. The van der Waals surface area contributed by atoms with Crippen LogP contribution in [0.1, 0.15) is 71.6 Å². The molecule has 2 heteroatoms. The highest BCUT2D eigenvalue weighted by Gasteiger charge is 2.59. The third-order valence-corrected chi connectivity index (χ3v) is 10.0. The Morgan fingerprint density at radius 2 is 1.57 bits per heavy atom. The van der Waals surface area contributed by atoms with Crippen molar-refractivity contribution in [3.63, 3.8) is 0 Å². The van der Waals surface area contributed by atoms with Crippen molar-refractivity contribution < 1.29 is 5.11 Å². The number of hydrogen-bond acceptors (Lipinski definition) is 1. The van der Waals surface area contributed by atoms with Gasteiger partial charge in [0.25, 0.3) is 0 Å². The molecule has 0 unspecified atom stereocenters. The van der Waals surface area contributed by atoms with Crippen molar-refractivity contribution in [1.82, 2.24) is 0 Å². The third kappa shape index (κ3) is 2.04. The Bertz CT molecular complexity index is 424. The van der Waals surface area contributed by atoms with Gasteiger partial charge in [-0.1, -0.05) is 29.8 Å². The molecule has 1 nitrogen and oxygen atoms in total. The summed E-state index contributed by atoms with van der Waals surface area (Å²) in [7, 11) is 0. The zero-order chi connectivity index (χ0) is 14.8. The van der Waals surface area contributed by atoms with Gasteiger partial charge >= 0.3 is 0 Å². The van der Waals surface area contributed by atoms with Crippen LogP contribution in [0.3, 0.4) is 0 Å². The van der Waals surface area contributed by atoms with E-state index in [-0.39, 0.29) is 6.10 Å². The molecule has 120 valence electrons. The van der Waals surface area contributed by atoms with Crippen molar-refractivity contribution >= 4 is 15.9 Å². The van der Waals surface area contributed by atoms with Gasteiger partial charge in [0.1, 0.15) is 0 Å². The molecule has 4 aliphatic carbocycles. The van der Waals surface area contributed by atoms with Crippen LogP contribution in [-0.4, -0.2) is 16.0 Å². The van der Waals surface area contributed by atoms with Crippen LogP contribution in [0.25, 0.3) is 0 Å². The summed E-state index contributed by atoms with van der Waals surface area (Å²) in [6.45, 7) is 5.16. The summed E-state index contributed by atoms with van der Waals surface area (Å²) in [4.78, 5) is 0.759. The number of alkyl halides is 1. The monoisotopic (exact) mass is 354 g/mol. The zero-order valence-corrected chi connectivity index (χ0v) is 15.2. The van der Waals surface area contributed by atoms with Crippen LogP contribution in [0.4, 0.5) is 0 Å². The average molecular weight is 355 g/mol. The van der Waals surface area contributed by atoms with E-state index in [2.05, 4.69) is 29.8 Å². The van der Waals surface area contributed by atoms with Gasteiger partial charge in [0, 0.05) is 4.83 Å². The van der Waals surface area contributed by atoms with Crippen LogP contribution in [-0.2, 0) is 0 Å². The van der Waals surface area contributed by atoms with Gasteiger partial charge in [-0.2, -0.15) is 0 Å². The number of halogens is 1. The molecule has 0 amide bonds. The van der Waals surface area contributed by atoms with Gasteiger partial charge in [-0.05, 0) is 92.3 Å². The summed E-state index contributed by atoms with van der Waals surface area (Å²) in [6.07, 6.45) is 12.0. The van der Waals surface area contributed by atoms with Crippen LogP contribution < -0.4 is 0 Å². The lowest BCUT2D eigenvalue weighted by atomic mass is 9.45. The Balaban J connectivity index is 1.62. The van der Waals surface area contributed by atoms with Crippen LogP contribution in [0.5, 0.6) is 0 Å². The summed E-state index contributed by atoms with van der Waals surface area (Å²) < 4.78 is 0. The topological polar surface area (TPSA) is 20.2 Å². The number of rotatable bonds is 0. The molecule has 4 fully saturated rings. The first-order valence-electron chi connectivity index (χ1n) is 9.27. The Labute approximate surface area is 138 Å². The number of hydrogen-bond donors (Lipinski definition) is 1. The van der Waals surface area contributed by atoms with Crippen molar-refractivity contribution in [2.45, 2.75) is 82.6 Å². The molecule has 0 aromatic carbocycles. The Morgan fingerprint density at radius 1 is 0.857 bits per heavy atom. The molecule has 4 aliphatic rings. The standard InChI is InChI=1S/C19H31BrO/c1-18-9-7-13(21)11-12(18)3-4-14-15-5-6-17(20)19(15,2)10-8-16(14)18/h12-17,21H,3-11H2,1-2H3/t12-,13-,14-,15-,16-,17-,18-,19-/m0/s1. The van der Waals surface area contributed by atoms with Crippen LogP contribution in [0.15, 0.2) is 0 Å². The van der Waals surface area contributed by atoms with Gasteiger partial charge in [0.05, 0.1) is 6.10 Å². The van der Waals surface area contributed by atoms with E-state index < -0.39 is 0 Å². The van der Waals surface area contributed by atoms with Gasteiger partial charge in [0.2, 0.25) is 0 Å². The van der Waals surface area contributed by atoms with Crippen molar-refractivity contribution in [3.8, 4) is 0 Å². The number of aliphatic hydroxyl groups excluding tert-OH is 1. The van der Waals surface area contributed by atoms with Gasteiger partial charge in [-0.3, -0.25) is 0 Å². The molecule has 21 heavy (non-hydrogen) atoms. The van der Waals surface area contributed by atoms with Crippen LogP contribution >= 0.6 is 15.9 Å². The maximum Gasteiger partial charge on any atom is 0.0543 e. The summed E-state index contributed by atoms with van der Waals surface area (Å²) in [6, 6.07) is 0. The molecule has 1 N–H and O–H groups in total. The first kappa shape index (κ1) is 15.0. The van der Waals surface area contributed by atoms with E-state index in [1.165, 1.54) is 44.9 Å². The van der Waals surface area contributed by atoms with E-state index in [9.17, 15) is 5.11 Å². The van der Waals surface area contributed by atoms with E-state index >= 15 is 0 Å². The fourth-order valence-electron chi connectivity index (χ4n) is 7.17. The minimum atomic E-state index is -0.00751. The smallest absolute Gasteiger partial charge is 0.0543 e. The molecular weight excluding hydrogens is 324 g/mol. The van der Waals surface area contributed by atoms with Crippen molar-refractivity contribution in [2.75, 3.05) is 0 Å². The predicted octanol–water partition coefficient (Wildman–Crippen LogP) is 5.15. The molecule has 0 bridgehead atoms. The molecular formula is C19H31BrO. The van der Waals surface area contributed by atoms with Crippen molar-refractivity contribution in [3.05, 3.63) is 0 Å². The summed E-state index contributed by atoms with van der Waals surface area (Å²) >= 11 is 4.01. The van der Waals surface area contributed by atoms with Crippen molar-refractivity contribution in [1.29, 1.82) is 0 Å². The molecule has 0 saturated heterocycles. The normalized spacial score (nSPS) is 60.0. The lowest BCUT2D eigenvalue weighted by Gasteiger charge is -2.60. The van der Waals surface area contributed by atoms with Gasteiger partial charge in [0.15, 0.2) is 0 Å². The number of fused-ring (bicyclic) bond motifs is 5. The maximum absolute atomic E-state index is 10.1. The molecule has 4 rings (SSSR count). The van der Waals surface area contributed by atoms with E-state index in [1.807, 2.05) is 0 Å². The highest BCUT2D eigenvalue weighted by molar-refractivity contribution is 9.09. The minimum Gasteiger partial charge on any atom is -0.393 e. The molecule has 4 saturated carbocycles. The van der Waals surface area contributed by atoms with Crippen LogP contribution in [0.2, 0.25) is 0 Å². The van der Waals surface area contributed by atoms with Gasteiger partial charge < -0.3 is 5.11 Å². The molecule has 8 atom stereocenters. The fourth-order valence-corrected chi connectivity index (χ4v) is 8.00. The Hall–Kier alpha value is 0.440. The predicted molar refractivity (Wildman–Crippen MR) is 90.4 cm³/mol. The van der Waals surface area contributed by atoms with E-state index in [0.29, 0.717) is 10.8 Å². The lowest BCUT2D eigenvalue weighted by Crippen LogP contribution is -2.54. The molecule has 0 aromatic heterocycles. The fraction of sp³-hybridized carbons (Fsp3) is 1.00.